The maximum atomic E-state index is 13.0. The van der Waals surface area contributed by atoms with Crippen LogP contribution in [-0.4, -0.2) is 23.8 Å². The zero-order chi connectivity index (χ0) is 18.7. The van der Waals surface area contributed by atoms with Crippen LogP contribution in [0.5, 0.6) is 5.75 Å². The minimum Gasteiger partial charge on any atom is -0.484 e. The monoisotopic (exact) mass is 357 g/mol. The molecule has 0 aliphatic rings. The van der Waals surface area contributed by atoms with E-state index in [0.717, 1.165) is 18.2 Å². The van der Waals surface area contributed by atoms with Gasteiger partial charge in [-0.15, -0.1) is 0 Å². The van der Waals surface area contributed by atoms with Gasteiger partial charge in [0, 0.05) is 5.69 Å². The van der Waals surface area contributed by atoms with Crippen LogP contribution in [0.4, 0.5) is 23.2 Å². The number of alkyl halides is 3. The molecule has 0 bridgehead atoms. The molecular formula is C17H15F4NO3. The lowest BCUT2D eigenvalue weighted by Gasteiger charge is -2.26. The second kappa shape index (κ2) is 7.10. The second-order valence-electron chi connectivity index (χ2n) is 5.44. The summed E-state index contributed by atoms with van der Waals surface area (Å²) in [5.74, 6) is -0.917. The predicted molar refractivity (Wildman–Crippen MR) is 82.6 cm³/mol. The number of benzene rings is 2. The van der Waals surface area contributed by atoms with Gasteiger partial charge in [-0.2, -0.15) is 13.2 Å². The van der Waals surface area contributed by atoms with Crippen molar-refractivity contribution in [2.45, 2.75) is 18.7 Å². The zero-order valence-corrected chi connectivity index (χ0v) is 13.1. The van der Waals surface area contributed by atoms with E-state index in [9.17, 15) is 27.5 Å². The Morgan fingerprint density at radius 3 is 2.36 bits per heavy atom. The van der Waals surface area contributed by atoms with Gasteiger partial charge in [0.15, 0.2) is 12.2 Å². The van der Waals surface area contributed by atoms with Gasteiger partial charge >= 0.3 is 6.18 Å². The summed E-state index contributed by atoms with van der Waals surface area (Å²) >= 11 is 0. The predicted octanol–water partition coefficient (Wildman–Crippen LogP) is 3.61. The number of carbonyl (C=O) groups excluding carboxylic acids is 1. The highest BCUT2D eigenvalue weighted by Crippen LogP contribution is 2.38. The van der Waals surface area contributed by atoms with Crippen molar-refractivity contribution in [2.24, 2.45) is 0 Å². The molecule has 0 aromatic heterocycles. The molecule has 134 valence electrons. The van der Waals surface area contributed by atoms with Crippen LogP contribution in [-0.2, 0) is 10.4 Å². The van der Waals surface area contributed by atoms with E-state index in [-0.39, 0.29) is 17.0 Å². The molecule has 0 heterocycles. The van der Waals surface area contributed by atoms with E-state index in [1.807, 2.05) is 0 Å². The number of hydrogen-bond donors (Lipinski definition) is 2. The number of halogens is 4. The third-order valence-corrected chi connectivity index (χ3v) is 3.45. The maximum Gasteiger partial charge on any atom is 0.421 e. The van der Waals surface area contributed by atoms with Crippen molar-refractivity contribution in [3.63, 3.8) is 0 Å². The van der Waals surface area contributed by atoms with Crippen molar-refractivity contribution >= 4 is 11.6 Å². The van der Waals surface area contributed by atoms with Crippen molar-refractivity contribution in [1.29, 1.82) is 0 Å². The summed E-state index contributed by atoms with van der Waals surface area (Å²) in [6, 6.07) is 9.83. The first-order valence-electron chi connectivity index (χ1n) is 7.17. The van der Waals surface area contributed by atoms with Crippen LogP contribution in [0.25, 0.3) is 0 Å². The molecule has 0 fully saturated rings. The van der Waals surface area contributed by atoms with Crippen molar-refractivity contribution < 1.29 is 32.2 Å². The van der Waals surface area contributed by atoms with E-state index in [1.54, 1.807) is 0 Å². The molecule has 25 heavy (non-hydrogen) atoms. The molecule has 2 aromatic rings. The van der Waals surface area contributed by atoms with Crippen LogP contribution in [0.1, 0.15) is 12.5 Å². The lowest BCUT2D eigenvalue weighted by Crippen LogP contribution is -2.39. The fourth-order valence-corrected chi connectivity index (χ4v) is 1.95. The quantitative estimate of drug-likeness (QED) is 0.804. The van der Waals surface area contributed by atoms with E-state index in [0.29, 0.717) is 6.92 Å². The van der Waals surface area contributed by atoms with Gasteiger partial charge in [0.1, 0.15) is 11.6 Å². The van der Waals surface area contributed by atoms with E-state index in [2.05, 4.69) is 5.32 Å². The van der Waals surface area contributed by atoms with Crippen LogP contribution in [0.2, 0.25) is 0 Å². The molecule has 1 amide bonds. The summed E-state index contributed by atoms with van der Waals surface area (Å²) in [5.41, 5.74) is -3.08. The van der Waals surface area contributed by atoms with E-state index in [4.69, 9.17) is 4.74 Å². The molecule has 0 aliphatic heterocycles. The molecule has 0 radical (unpaired) electrons. The molecule has 1 unspecified atom stereocenters. The number of rotatable bonds is 5. The molecule has 0 saturated carbocycles. The number of carbonyl (C=O) groups is 1. The molecule has 2 N–H and O–H groups in total. The first-order chi connectivity index (χ1) is 11.6. The van der Waals surface area contributed by atoms with Gasteiger partial charge in [-0.25, -0.2) is 4.39 Å². The third kappa shape index (κ3) is 4.69. The van der Waals surface area contributed by atoms with Crippen LogP contribution >= 0.6 is 0 Å². The number of hydrogen-bond acceptors (Lipinski definition) is 3. The summed E-state index contributed by atoms with van der Waals surface area (Å²) in [4.78, 5) is 11.7. The van der Waals surface area contributed by atoms with E-state index < -0.39 is 30.1 Å². The van der Waals surface area contributed by atoms with Gasteiger partial charge in [-0.05, 0) is 42.8 Å². The first-order valence-corrected chi connectivity index (χ1v) is 7.17. The van der Waals surface area contributed by atoms with Gasteiger partial charge in [0.25, 0.3) is 5.91 Å². The average Bonchev–Trinajstić information content (AvgIpc) is 2.52. The molecule has 2 aromatic carbocycles. The summed E-state index contributed by atoms with van der Waals surface area (Å²) < 4.78 is 56.4. The maximum absolute atomic E-state index is 13.0. The van der Waals surface area contributed by atoms with Crippen molar-refractivity contribution in [1.82, 2.24) is 0 Å². The minimum absolute atomic E-state index is 0.149. The van der Waals surface area contributed by atoms with Gasteiger partial charge in [0.05, 0.1) is 0 Å². The highest BCUT2D eigenvalue weighted by Gasteiger charge is 2.51. The van der Waals surface area contributed by atoms with E-state index in [1.165, 1.54) is 30.3 Å². The molecule has 8 heteroatoms. The normalized spacial score (nSPS) is 13.8. The number of ether oxygens (including phenoxy) is 1. The smallest absolute Gasteiger partial charge is 0.421 e. The highest BCUT2D eigenvalue weighted by molar-refractivity contribution is 5.91. The Kier molecular flexibility index (Phi) is 5.32. The van der Waals surface area contributed by atoms with Crippen molar-refractivity contribution in [3.05, 3.63) is 59.9 Å². The topological polar surface area (TPSA) is 58.6 Å². The SMILES string of the molecule is CC(O)(c1ccc(OCC(=O)Nc2cccc(F)c2)cc1)C(F)(F)F. The lowest BCUT2D eigenvalue weighted by molar-refractivity contribution is -0.258. The Morgan fingerprint density at radius 2 is 1.80 bits per heavy atom. The number of aliphatic hydroxyl groups is 1. The fraction of sp³-hybridized carbons (Fsp3) is 0.235. The van der Waals surface area contributed by atoms with Gasteiger partial charge in [0.2, 0.25) is 0 Å². The Hall–Kier alpha value is -2.61. The van der Waals surface area contributed by atoms with Gasteiger partial charge < -0.3 is 15.2 Å². The molecular weight excluding hydrogens is 342 g/mol. The summed E-state index contributed by atoms with van der Waals surface area (Å²) in [6.07, 6.45) is -4.82. The van der Waals surface area contributed by atoms with Crippen molar-refractivity contribution in [2.75, 3.05) is 11.9 Å². The lowest BCUT2D eigenvalue weighted by atomic mass is 9.95. The Bertz CT molecular complexity index is 742. The zero-order valence-electron chi connectivity index (χ0n) is 13.1. The number of anilines is 1. The highest BCUT2D eigenvalue weighted by atomic mass is 19.4. The first kappa shape index (κ1) is 18.7. The van der Waals surface area contributed by atoms with Crippen LogP contribution in [0.15, 0.2) is 48.5 Å². The minimum atomic E-state index is -4.82. The Balaban J connectivity index is 1.94. The summed E-state index contributed by atoms with van der Waals surface area (Å²) in [6.45, 7) is 0.237. The number of nitrogens with one attached hydrogen (secondary N) is 1. The number of amides is 1. The summed E-state index contributed by atoms with van der Waals surface area (Å²) in [7, 11) is 0. The van der Waals surface area contributed by atoms with Crippen LogP contribution in [0.3, 0.4) is 0 Å². The van der Waals surface area contributed by atoms with Gasteiger partial charge in [-0.1, -0.05) is 18.2 Å². The second-order valence-corrected chi connectivity index (χ2v) is 5.44. The fourth-order valence-electron chi connectivity index (χ4n) is 1.95. The average molecular weight is 357 g/mol. The third-order valence-electron chi connectivity index (χ3n) is 3.45. The van der Waals surface area contributed by atoms with Crippen molar-refractivity contribution in [3.8, 4) is 5.75 Å². The summed E-state index contributed by atoms with van der Waals surface area (Å²) in [5, 5.41) is 12.0. The molecule has 0 aliphatic carbocycles. The van der Waals surface area contributed by atoms with Crippen LogP contribution < -0.4 is 10.1 Å². The standard InChI is InChI=1S/C17H15F4NO3/c1-16(24,17(19,20)21)11-5-7-14(8-6-11)25-10-15(23)22-13-4-2-3-12(18)9-13/h2-9,24H,10H2,1H3,(H,22,23). The molecule has 0 spiro atoms. The Labute approximate surface area is 141 Å². The van der Waals surface area contributed by atoms with E-state index >= 15 is 0 Å². The molecule has 1 atom stereocenters. The molecule has 2 rings (SSSR count). The van der Waals surface area contributed by atoms with Gasteiger partial charge in [-0.3, -0.25) is 4.79 Å². The largest absolute Gasteiger partial charge is 0.484 e. The molecule has 4 nitrogen and oxygen atoms in total. The Morgan fingerprint density at radius 1 is 1.16 bits per heavy atom. The molecule has 0 saturated heterocycles. The van der Waals surface area contributed by atoms with Crippen LogP contribution in [0, 0.1) is 5.82 Å².